The van der Waals surface area contributed by atoms with Gasteiger partial charge in [0.1, 0.15) is 12.4 Å². The maximum atomic E-state index is 11.7. The van der Waals surface area contributed by atoms with E-state index in [4.69, 9.17) is 20.0 Å². The fourth-order valence-corrected chi connectivity index (χ4v) is 3.10. The zero-order chi connectivity index (χ0) is 19.2. The van der Waals surface area contributed by atoms with Crippen molar-refractivity contribution < 1.29 is 19.1 Å². The third-order valence-corrected chi connectivity index (χ3v) is 4.66. The average Bonchev–Trinajstić information content (AvgIpc) is 3.16. The van der Waals surface area contributed by atoms with Gasteiger partial charge in [0.15, 0.2) is 11.8 Å². The van der Waals surface area contributed by atoms with Crippen molar-refractivity contribution in [2.45, 2.75) is 45.3 Å². The largest absolute Gasteiger partial charge is 0.489 e. The minimum absolute atomic E-state index is 0.0691. The molecule has 0 fully saturated rings. The fourth-order valence-electron chi connectivity index (χ4n) is 3.10. The van der Waals surface area contributed by atoms with E-state index < -0.39 is 5.97 Å². The molecule has 0 saturated heterocycles. The summed E-state index contributed by atoms with van der Waals surface area (Å²) >= 11 is 0. The van der Waals surface area contributed by atoms with E-state index in [9.17, 15) is 4.79 Å². The van der Waals surface area contributed by atoms with E-state index in [1.807, 2.05) is 24.3 Å². The first-order valence-electron chi connectivity index (χ1n) is 9.41. The predicted octanol–water partition coefficient (Wildman–Crippen LogP) is 3.21. The number of benzene rings is 2. The highest BCUT2D eigenvalue weighted by Gasteiger charge is 2.28. The number of hydrogen-bond donors (Lipinski definition) is 1. The minimum atomic E-state index is -0.430. The number of carbonyl (C=O) groups is 1. The molecule has 2 aromatic carbocycles. The van der Waals surface area contributed by atoms with Crippen molar-refractivity contribution >= 4 is 22.5 Å². The number of fused-ring (bicyclic) bond motifs is 1. The fraction of sp³-hybridized carbons (Fsp3) is 0.429. The molecule has 2 aromatic rings. The molecule has 0 amide bonds. The first-order valence-corrected chi connectivity index (χ1v) is 9.41. The lowest BCUT2D eigenvalue weighted by Gasteiger charge is -2.18. The number of ether oxygens (including phenoxy) is 2. The Morgan fingerprint density at radius 1 is 1.30 bits per heavy atom. The third-order valence-electron chi connectivity index (χ3n) is 4.66. The van der Waals surface area contributed by atoms with Crippen molar-refractivity contribution in [3.05, 3.63) is 42.0 Å². The summed E-state index contributed by atoms with van der Waals surface area (Å²) in [5.74, 6) is 0.367. The molecule has 1 aliphatic heterocycles. The highest BCUT2D eigenvalue weighted by atomic mass is 16.7. The zero-order valence-electron chi connectivity index (χ0n) is 15.8. The highest BCUT2D eigenvalue weighted by molar-refractivity contribution is 6.36. The predicted molar refractivity (Wildman–Crippen MR) is 105 cm³/mol. The highest BCUT2D eigenvalue weighted by Crippen LogP contribution is 2.30. The normalized spacial score (nSPS) is 17.3. The topological polar surface area (TPSA) is 83.1 Å². The number of hydrogen-bond acceptors (Lipinski definition) is 6. The monoisotopic (exact) mass is 370 g/mol. The smallest absolute Gasteiger partial charge is 0.356 e. The molecular formula is C21H26N2O4. The summed E-state index contributed by atoms with van der Waals surface area (Å²) in [6.45, 7) is 4.46. The quantitative estimate of drug-likeness (QED) is 0.722. The van der Waals surface area contributed by atoms with Crippen LogP contribution in [0.5, 0.6) is 5.75 Å². The first kappa shape index (κ1) is 19.2. The van der Waals surface area contributed by atoms with Gasteiger partial charge in [-0.25, -0.2) is 4.79 Å². The van der Waals surface area contributed by atoms with Gasteiger partial charge in [-0.15, -0.1) is 0 Å². The standard InChI is InChI=1S/C21H26N2O4/c1-3-15(22)11-18-17-8-6-5-7-14(17)9-10-20(18)26-13-16-12-19(23-27-16)21(24)25-4-2/h5-10,15-16H,3-4,11-13,22H2,1-2H3. The molecule has 2 N–H and O–H groups in total. The van der Waals surface area contributed by atoms with Gasteiger partial charge in [-0.1, -0.05) is 42.4 Å². The molecule has 0 bridgehead atoms. The molecule has 0 spiro atoms. The molecule has 0 aliphatic carbocycles. The van der Waals surface area contributed by atoms with Gasteiger partial charge < -0.3 is 20.0 Å². The van der Waals surface area contributed by atoms with Gasteiger partial charge in [0.05, 0.1) is 6.61 Å². The molecule has 1 heterocycles. The molecule has 0 aromatic heterocycles. The molecule has 1 aliphatic rings. The van der Waals surface area contributed by atoms with Gasteiger partial charge in [0.2, 0.25) is 0 Å². The van der Waals surface area contributed by atoms with Crippen LogP contribution in [0.4, 0.5) is 0 Å². The summed E-state index contributed by atoms with van der Waals surface area (Å²) in [5.41, 5.74) is 7.62. The van der Waals surface area contributed by atoms with Crippen molar-refractivity contribution in [2.75, 3.05) is 13.2 Å². The Morgan fingerprint density at radius 2 is 2.11 bits per heavy atom. The van der Waals surface area contributed by atoms with Gasteiger partial charge in [0, 0.05) is 18.0 Å². The average molecular weight is 370 g/mol. The van der Waals surface area contributed by atoms with Crippen LogP contribution >= 0.6 is 0 Å². The van der Waals surface area contributed by atoms with E-state index in [0.29, 0.717) is 25.3 Å². The molecule has 0 radical (unpaired) electrons. The minimum Gasteiger partial charge on any atom is -0.489 e. The molecule has 2 unspecified atom stereocenters. The lowest BCUT2D eigenvalue weighted by Crippen LogP contribution is -2.24. The number of nitrogens with two attached hydrogens (primary N) is 1. The second-order valence-corrected chi connectivity index (χ2v) is 6.64. The van der Waals surface area contributed by atoms with Crippen molar-refractivity contribution in [2.24, 2.45) is 10.9 Å². The summed E-state index contributed by atoms with van der Waals surface area (Å²) in [4.78, 5) is 17.1. The van der Waals surface area contributed by atoms with Crippen LogP contribution in [0, 0.1) is 0 Å². The maximum absolute atomic E-state index is 11.7. The Hall–Kier alpha value is -2.60. The second kappa shape index (κ2) is 8.86. The van der Waals surface area contributed by atoms with Crippen LogP contribution in [-0.2, 0) is 20.8 Å². The number of oxime groups is 1. The van der Waals surface area contributed by atoms with E-state index >= 15 is 0 Å². The van der Waals surface area contributed by atoms with Crippen LogP contribution in [0.1, 0.15) is 32.3 Å². The zero-order valence-corrected chi connectivity index (χ0v) is 15.8. The summed E-state index contributed by atoms with van der Waals surface area (Å²) < 4.78 is 11.0. The molecule has 6 heteroatoms. The Balaban J connectivity index is 1.72. The van der Waals surface area contributed by atoms with Crippen LogP contribution in [0.15, 0.2) is 41.6 Å². The first-order chi connectivity index (χ1) is 13.1. The summed E-state index contributed by atoms with van der Waals surface area (Å²) in [7, 11) is 0. The van der Waals surface area contributed by atoms with Crippen LogP contribution < -0.4 is 10.5 Å². The van der Waals surface area contributed by atoms with Gasteiger partial charge >= 0.3 is 5.97 Å². The summed E-state index contributed by atoms with van der Waals surface area (Å²) in [6, 6.07) is 12.3. The van der Waals surface area contributed by atoms with Crippen LogP contribution in [0.25, 0.3) is 10.8 Å². The second-order valence-electron chi connectivity index (χ2n) is 6.64. The van der Waals surface area contributed by atoms with E-state index in [1.165, 1.54) is 0 Å². The molecular weight excluding hydrogens is 344 g/mol. The molecule has 2 atom stereocenters. The number of nitrogens with zero attached hydrogens (tertiary/aromatic N) is 1. The maximum Gasteiger partial charge on any atom is 0.356 e. The Bertz CT molecular complexity index is 834. The Morgan fingerprint density at radius 3 is 2.89 bits per heavy atom. The van der Waals surface area contributed by atoms with Gasteiger partial charge in [0.25, 0.3) is 0 Å². The van der Waals surface area contributed by atoms with Crippen molar-refractivity contribution in [1.29, 1.82) is 0 Å². The molecule has 6 nitrogen and oxygen atoms in total. The van der Waals surface area contributed by atoms with Crippen molar-refractivity contribution in [1.82, 2.24) is 0 Å². The molecule has 3 rings (SSSR count). The van der Waals surface area contributed by atoms with E-state index in [2.05, 4.69) is 24.2 Å². The lowest BCUT2D eigenvalue weighted by molar-refractivity contribution is -0.135. The van der Waals surface area contributed by atoms with Crippen LogP contribution in [-0.4, -0.2) is 37.0 Å². The van der Waals surface area contributed by atoms with Gasteiger partial charge in [-0.2, -0.15) is 0 Å². The van der Waals surface area contributed by atoms with Gasteiger partial charge in [-0.05, 0) is 36.6 Å². The van der Waals surface area contributed by atoms with Crippen LogP contribution in [0.2, 0.25) is 0 Å². The SMILES string of the molecule is CCOC(=O)C1=NOC(COc2ccc3ccccc3c2CC(N)CC)C1. The summed E-state index contributed by atoms with van der Waals surface area (Å²) in [5, 5.41) is 6.13. The van der Waals surface area contributed by atoms with Gasteiger partial charge in [-0.3, -0.25) is 0 Å². The van der Waals surface area contributed by atoms with Crippen LogP contribution in [0.3, 0.4) is 0 Å². The molecule has 144 valence electrons. The lowest BCUT2D eigenvalue weighted by atomic mass is 9.97. The third kappa shape index (κ3) is 4.57. The number of carbonyl (C=O) groups excluding carboxylic acids is 1. The van der Waals surface area contributed by atoms with E-state index in [0.717, 1.165) is 34.9 Å². The van der Waals surface area contributed by atoms with E-state index in [1.54, 1.807) is 6.92 Å². The molecule has 0 saturated carbocycles. The van der Waals surface area contributed by atoms with E-state index in [-0.39, 0.29) is 12.1 Å². The summed E-state index contributed by atoms with van der Waals surface area (Å²) in [6.07, 6.45) is 1.72. The van der Waals surface area contributed by atoms with Crippen molar-refractivity contribution in [3.8, 4) is 5.75 Å². The molecule has 27 heavy (non-hydrogen) atoms. The number of esters is 1. The number of rotatable bonds is 8. The Kier molecular flexibility index (Phi) is 6.29. The van der Waals surface area contributed by atoms with Crippen molar-refractivity contribution in [3.63, 3.8) is 0 Å². The Labute approximate surface area is 159 Å².